The molecule has 2 aromatic heterocycles. The first-order chi connectivity index (χ1) is 13.9. The Morgan fingerprint density at radius 3 is 2.90 bits per heavy atom. The van der Waals surface area contributed by atoms with Crippen LogP contribution in [0.25, 0.3) is 11.0 Å². The van der Waals surface area contributed by atoms with Gasteiger partial charge in [0, 0.05) is 29.7 Å². The fraction of sp³-hybridized carbons (Fsp3) is 0.368. The van der Waals surface area contributed by atoms with Crippen LogP contribution in [0.1, 0.15) is 19.8 Å². The summed E-state index contributed by atoms with van der Waals surface area (Å²) in [7, 11) is -3.92. The molecule has 0 spiro atoms. The molecule has 0 unspecified atom stereocenters. The van der Waals surface area contributed by atoms with Crippen molar-refractivity contribution in [3.8, 4) is 0 Å². The lowest BCUT2D eigenvalue weighted by Crippen LogP contribution is -2.34. The van der Waals surface area contributed by atoms with E-state index >= 15 is 0 Å². The molecule has 4 rings (SSSR count). The lowest BCUT2D eigenvalue weighted by Gasteiger charge is -2.24. The van der Waals surface area contributed by atoms with Gasteiger partial charge in [-0.15, -0.1) is 11.3 Å². The molecule has 1 saturated heterocycles. The molecule has 1 fully saturated rings. The fourth-order valence-corrected chi connectivity index (χ4v) is 6.78. The van der Waals surface area contributed by atoms with Gasteiger partial charge in [0.15, 0.2) is 5.58 Å². The van der Waals surface area contributed by atoms with E-state index in [0.717, 1.165) is 52.3 Å². The Kier molecular flexibility index (Phi) is 5.99. The Hall–Kier alpha value is -1.45. The number of likely N-dealkylation sites (tertiary alicyclic amines) is 1. The number of furan rings is 1. The largest absolute Gasteiger partial charge is 0.462 e. The second-order valence-corrected chi connectivity index (χ2v) is 11.2. The van der Waals surface area contributed by atoms with Crippen LogP contribution in [-0.4, -0.2) is 39.0 Å². The van der Waals surface area contributed by atoms with Crippen LogP contribution in [0.15, 0.2) is 45.2 Å². The van der Waals surface area contributed by atoms with E-state index in [1.54, 1.807) is 24.5 Å². The van der Waals surface area contributed by atoms with Crippen LogP contribution in [-0.2, 0) is 10.0 Å². The molecular formula is C19H21Cl2N3O3S2. The topological polar surface area (TPSA) is 65.8 Å². The number of hydrogen-bond donors (Lipinski definition) is 1. The Bertz CT molecular complexity index is 1110. The van der Waals surface area contributed by atoms with Crippen molar-refractivity contribution < 1.29 is 12.8 Å². The van der Waals surface area contributed by atoms with Gasteiger partial charge in [-0.1, -0.05) is 18.5 Å². The third-order valence-electron chi connectivity index (χ3n) is 5.19. The number of nitrogens with one attached hydrogen (secondary N) is 1. The van der Waals surface area contributed by atoms with Gasteiger partial charge in [-0.05, 0) is 56.3 Å². The van der Waals surface area contributed by atoms with E-state index in [0.29, 0.717) is 21.6 Å². The van der Waals surface area contributed by atoms with Crippen molar-refractivity contribution in [1.82, 2.24) is 4.90 Å². The summed E-state index contributed by atoms with van der Waals surface area (Å²) in [6.45, 7) is 5.04. The van der Waals surface area contributed by atoms with Crippen molar-refractivity contribution in [3.05, 3.63) is 40.9 Å². The van der Waals surface area contributed by atoms with Crippen molar-refractivity contribution >= 4 is 67.1 Å². The van der Waals surface area contributed by atoms with Gasteiger partial charge < -0.3 is 9.73 Å². The average molecular weight is 474 g/mol. The van der Waals surface area contributed by atoms with Crippen molar-refractivity contribution in [2.24, 2.45) is 0 Å². The highest BCUT2D eigenvalue weighted by molar-refractivity contribution is 7.96. The van der Waals surface area contributed by atoms with E-state index in [2.05, 4.69) is 17.1 Å². The molecule has 1 atom stereocenters. The Labute approximate surface area is 184 Å². The maximum Gasteiger partial charge on any atom is 0.287 e. The molecule has 0 bridgehead atoms. The van der Waals surface area contributed by atoms with Crippen LogP contribution in [0.3, 0.4) is 0 Å². The van der Waals surface area contributed by atoms with Gasteiger partial charge in [-0.2, -0.15) is 12.2 Å². The Morgan fingerprint density at radius 2 is 2.17 bits per heavy atom. The third-order valence-corrected chi connectivity index (χ3v) is 9.11. The first kappa shape index (κ1) is 20.8. The number of anilines is 2. The van der Waals surface area contributed by atoms with E-state index in [9.17, 15) is 8.42 Å². The van der Waals surface area contributed by atoms with Crippen LogP contribution in [0.4, 0.5) is 11.4 Å². The van der Waals surface area contributed by atoms with Crippen LogP contribution >= 0.6 is 34.7 Å². The quantitative estimate of drug-likeness (QED) is 0.465. The zero-order valence-corrected chi connectivity index (χ0v) is 18.9. The Balaban J connectivity index is 1.64. The number of fused-ring (bicyclic) bond motifs is 1. The predicted molar refractivity (Wildman–Crippen MR) is 120 cm³/mol. The summed E-state index contributed by atoms with van der Waals surface area (Å²) in [5.74, 6) is 0. The first-order valence-electron chi connectivity index (χ1n) is 9.35. The van der Waals surface area contributed by atoms with Crippen LogP contribution in [0.5, 0.6) is 0 Å². The van der Waals surface area contributed by atoms with Gasteiger partial charge in [0.25, 0.3) is 10.0 Å². The molecule has 3 heterocycles. The van der Waals surface area contributed by atoms with Gasteiger partial charge in [-0.3, -0.25) is 4.90 Å². The predicted octanol–water partition coefficient (Wildman–Crippen LogP) is 5.39. The zero-order chi connectivity index (χ0) is 20.6. The molecule has 10 heteroatoms. The number of halogens is 2. The fourth-order valence-electron chi connectivity index (χ4n) is 3.72. The number of rotatable bonds is 7. The highest BCUT2D eigenvalue weighted by Crippen LogP contribution is 2.36. The molecule has 1 aliphatic rings. The normalized spacial score (nSPS) is 17.8. The highest BCUT2D eigenvalue weighted by atomic mass is 35.5. The van der Waals surface area contributed by atoms with E-state index in [1.807, 2.05) is 0 Å². The van der Waals surface area contributed by atoms with Gasteiger partial charge in [0.05, 0.1) is 22.0 Å². The number of nitrogens with zero attached hydrogens (tertiary/aromatic N) is 2. The van der Waals surface area contributed by atoms with Crippen molar-refractivity contribution in [3.63, 3.8) is 0 Å². The number of hydrogen-bond acceptors (Lipinski definition) is 6. The summed E-state index contributed by atoms with van der Waals surface area (Å²) in [4.78, 5) is 2.44. The molecule has 1 aliphatic heterocycles. The SMILES string of the molecule is CCN1CCC[C@@H]1CNc1cc(N(Cl)S(=O)(=O)c2ccc(Cl)s2)cc2ccoc12. The average Bonchev–Trinajstić information content (AvgIpc) is 3.45. The van der Waals surface area contributed by atoms with Gasteiger partial charge in [0.2, 0.25) is 0 Å². The second kappa shape index (κ2) is 8.35. The number of benzene rings is 1. The molecular weight excluding hydrogens is 453 g/mol. The molecule has 29 heavy (non-hydrogen) atoms. The molecule has 3 aromatic rings. The Morgan fingerprint density at radius 1 is 1.34 bits per heavy atom. The summed E-state index contributed by atoms with van der Waals surface area (Å²) in [6, 6.07) is 8.62. The van der Waals surface area contributed by atoms with Crippen LogP contribution < -0.4 is 9.14 Å². The minimum atomic E-state index is -3.92. The lowest BCUT2D eigenvalue weighted by atomic mass is 10.2. The molecule has 0 aliphatic carbocycles. The highest BCUT2D eigenvalue weighted by Gasteiger charge is 2.27. The summed E-state index contributed by atoms with van der Waals surface area (Å²) in [5.41, 5.74) is 1.73. The van der Waals surface area contributed by atoms with Crippen LogP contribution in [0, 0.1) is 0 Å². The maximum atomic E-state index is 12.9. The summed E-state index contributed by atoms with van der Waals surface area (Å²) < 4.78 is 32.6. The number of likely N-dealkylation sites (N-methyl/N-ethyl adjacent to an activating group) is 1. The third kappa shape index (κ3) is 4.09. The molecule has 0 amide bonds. The van der Waals surface area contributed by atoms with Gasteiger partial charge in [0.1, 0.15) is 4.21 Å². The molecule has 0 saturated carbocycles. The summed E-state index contributed by atoms with van der Waals surface area (Å²) >= 11 is 13.2. The monoisotopic (exact) mass is 473 g/mol. The second-order valence-electron chi connectivity index (χ2n) is 6.92. The van der Waals surface area contributed by atoms with E-state index in [4.69, 9.17) is 27.8 Å². The molecule has 0 radical (unpaired) electrons. The molecule has 1 aromatic carbocycles. The standard InChI is InChI=1S/C19H21Cl2N3O3S2/c1-2-23-8-3-4-14(23)12-22-16-11-15(10-13-7-9-27-19(13)16)24(21)29(25,26)18-6-5-17(20)28-18/h5-7,9-11,14,22H,2-4,8,12H2,1H3/t14-/m1/s1. The van der Waals surface area contributed by atoms with Crippen molar-refractivity contribution in [2.75, 3.05) is 28.8 Å². The first-order valence-corrected chi connectivity index (χ1v) is 12.3. The van der Waals surface area contributed by atoms with E-state index < -0.39 is 10.0 Å². The molecule has 6 nitrogen and oxygen atoms in total. The van der Waals surface area contributed by atoms with Crippen LogP contribution in [0.2, 0.25) is 4.34 Å². The molecule has 1 N–H and O–H groups in total. The van der Waals surface area contributed by atoms with Crippen molar-refractivity contribution in [2.45, 2.75) is 30.0 Å². The van der Waals surface area contributed by atoms with Gasteiger partial charge >= 0.3 is 0 Å². The maximum absolute atomic E-state index is 12.9. The zero-order valence-electron chi connectivity index (χ0n) is 15.8. The number of sulfonamides is 1. The minimum Gasteiger partial charge on any atom is -0.462 e. The van der Waals surface area contributed by atoms with E-state index in [1.165, 1.54) is 18.6 Å². The summed E-state index contributed by atoms with van der Waals surface area (Å²) in [6.07, 6.45) is 3.91. The van der Waals surface area contributed by atoms with Crippen molar-refractivity contribution in [1.29, 1.82) is 0 Å². The van der Waals surface area contributed by atoms with E-state index in [-0.39, 0.29) is 4.21 Å². The smallest absolute Gasteiger partial charge is 0.287 e. The van der Waals surface area contributed by atoms with Gasteiger partial charge in [-0.25, -0.2) is 0 Å². The summed E-state index contributed by atoms with van der Waals surface area (Å²) in [5, 5.41) is 4.21. The number of thiophene rings is 1. The molecule has 156 valence electrons. The minimum absolute atomic E-state index is 0.0869. The lowest BCUT2D eigenvalue weighted by molar-refractivity contribution is 0.277.